The molecule has 1 saturated carbocycles. The van der Waals surface area contributed by atoms with E-state index in [0.717, 1.165) is 44.9 Å². The Morgan fingerprint density at radius 3 is 2.38 bits per heavy atom. The first-order chi connectivity index (χ1) is 11.6. The molecule has 2 amide bonds. The van der Waals surface area contributed by atoms with Gasteiger partial charge in [0, 0.05) is 13.0 Å². The van der Waals surface area contributed by atoms with E-state index in [0.29, 0.717) is 24.8 Å². The molecule has 2 N–H and O–H groups in total. The second-order valence-electron chi connectivity index (χ2n) is 7.33. The highest BCUT2D eigenvalue weighted by atomic mass is 16.2. The van der Waals surface area contributed by atoms with Crippen LogP contribution in [-0.2, 0) is 9.59 Å². The molecular weight excluding hydrogens is 300 g/mol. The Bertz CT molecular complexity index is 564. The van der Waals surface area contributed by atoms with Crippen LogP contribution in [-0.4, -0.2) is 29.3 Å². The summed E-state index contributed by atoms with van der Waals surface area (Å²) in [6.45, 7) is 0.686. The van der Waals surface area contributed by atoms with Crippen LogP contribution in [0.3, 0.4) is 0 Å². The third-order valence-electron chi connectivity index (χ3n) is 5.73. The van der Waals surface area contributed by atoms with Gasteiger partial charge in [0.1, 0.15) is 6.04 Å². The first-order valence-electron chi connectivity index (χ1n) is 9.29. The van der Waals surface area contributed by atoms with Gasteiger partial charge >= 0.3 is 0 Å². The van der Waals surface area contributed by atoms with E-state index in [-0.39, 0.29) is 17.9 Å². The molecule has 0 bridgehead atoms. The molecule has 2 fully saturated rings. The fourth-order valence-electron chi connectivity index (χ4n) is 4.32. The minimum Gasteiger partial charge on any atom is -0.368 e. The maximum atomic E-state index is 12.7. The number of nitrogens with two attached hydrogens (primary N) is 1. The number of likely N-dealkylation sites (tertiary alicyclic amines) is 1. The monoisotopic (exact) mass is 328 g/mol. The van der Waals surface area contributed by atoms with Crippen molar-refractivity contribution in [3.8, 4) is 0 Å². The van der Waals surface area contributed by atoms with Crippen LogP contribution in [0.2, 0.25) is 0 Å². The van der Waals surface area contributed by atoms with Crippen LogP contribution in [0.25, 0.3) is 0 Å². The molecule has 1 aromatic carbocycles. The number of nitrogens with zero attached hydrogens (tertiary/aromatic N) is 1. The minimum absolute atomic E-state index is 0.127. The van der Waals surface area contributed by atoms with E-state index in [4.69, 9.17) is 5.73 Å². The molecule has 0 radical (unpaired) electrons. The van der Waals surface area contributed by atoms with Crippen molar-refractivity contribution < 1.29 is 9.59 Å². The number of amides is 2. The van der Waals surface area contributed by atoms with Gasteiger partial charge in [0.05, 0.1) is 0 Å². The first kappa shape index (κ1) is 17.0. The van der Waals surface area contributed by atoms with E-state index in [2.05, 4.69) is 30.3 Å². The zero-order valence-corrected chi connectivity index (χ0v) is 14.3. The summed E-state index contributed by atoms with van der Waals surface area (Å²) in [7, 11) is 0. The van der Waals surface area contributed by atoms with E-state index in [1.54, 1.807) is 4.90 Å². The van der Waals surface area contributed by atoms with Gasteiger partial charge in [0.25, 0.3) is 0 Å². The summed E-state index contributed by atoms with van der Waals surface area (Å²) >= 11 is 0. The van der Waals surface area contributed by atoms with Crippen molar-refractivity contribution in [2.45, 2.75) is 63.3 Å². The van der Waals surface area contributed by atoms with Gasteiger partial charge in [0.15, 0.2) is 0 Å². The Balaban J connectivity index is 1.52. The van der Waals surface area contributed by atoms with Crippen LogP contribution in [0.15, 0.2) is 30.3 Å². The summed E-state index contributed by atoms with van der Waals surface area (Å²) in [5, 5.41) is 0. The second-order valence-corrected chi connectivity index (χ2v) is 7.33. The number of piperidine rings is 1. The highest BCUT2D eigenvalue weighted by Gasteiger charge is 2.32. The average molecular weight is 328 g/mol. The second kappa shape index (κ2) is 7.82. The van der Waals surface area contributed by atoms with Crippen molar-refractivity contribution in [3.05, 3.63) is 35.9 Å². The van der Waals surface area contributed by atoms with Gasteiger partial charge in [-0.05, 0) is 62.3 Å². The quantitative estimate of drug-likeness (QED) is 0.922. The number of hydrogen-bond acceptors (Lipinski definition) is 2. The smallest absolute Gasteiger partial charge is 0.240 e. The van der Waals surface area contributed by atoms with Gasteiger partial charge in [-0.15, -0.1) is 0 Å². The summed E-state index contributed by atoms with van der Waals surface area (Å²) in [5.41, 5.74) is 6.90. The largest absolute Gasteiger partial charge is 0.368 e. The molecule has 1 aliphatic carbocycles. The molecule has 4 heteroatoms. The molecule has 0 spiro atoms. The van der Waals surface area contributed by atoms with Crippen molar-refractivity contribution in [1.82, 2.24) is 4.90 Å². The van der Waals surface area contributed by atoms with E-state index in [9.17, 15) is 9.59 Å². The molecule has 4 nitrogen and oxygen atoms in total. The van der Waals surface area contributed by atoms with Crippen molar-refractivity contribution in [1.29, 1.82) is 0 Å². The van der Waals surface area contributed by atoms with Crippen LogP contribution in [0.1, 0.15) is 62.8 Å². The number of rotatable bonds is 4. The molecule has 1 aliphatic heterocycles. The fourth-order valence-corrected chi connectivity index (χ4v) is 4.32. The van der Waals surface area contributed by atoms with Crippen molar-refractivity contribution in [2.75, 3.05) is 6.54 Å². The Kier molecular flexibility index (Phi) is 5.54. The lowest BCUT2D eigenvalue weighted by Gasteiger charge is -2.35. The van der Waals surface area contributed by atoms with Crippen LogP contribution in [0.5, 0.6) is 0 Å². The Morgan fingerprint density at radius 1 is 1.00 bits per heavy atom. The molecule has 130 valence electrons. The molecule has 1 aromatic rings. The van der Waals surface area contributed by atoms with E-state index < -0.39 is 0 Å². The van der Waals surface area contributed by atoms with Gasteiger partial charge in [0.2, 0.25) is 11.8 Å². The zero-order chi connectivity index (χ0) is 16.9. The van der Waals surface area contributed by atoms with Gasteiger partial charge < -0.3 is 10.6 Å². The third kappa shape index (κ3) is 3.97. The molecule has 1 unspecified atom stereocenters. The average Bonchev–Trinajstić information content (AvgIpc) is 2.63. The number of carbonyl (C=O) groups is 2. The van der Waals surface area contributed by atoms with Crippen LogP contribution in [0.4, 0.5) is 0 Å². The molecular formula is C20H28N2O2. The topological polar surface area (TPSA) is 63.4 Å². The summed E-state index contributed by atoms with van der Waals surface area (Å²) in [6, 6.07) is 10.3. The third-order valence-corrected chi connectivity index (χ3v) is 5.73. The van der Waals surface area contributed by atoms with Crippen molar-refractivity contribution in [2.24, 2.45) is 11.7 Å². The highest BCUT2D eigenvalue weighted by molar-refractivity contribution is 5.86. The summed E-state index contributed by atoms with van der Waals surface area (Å²) in [6.07, 6.45) is 7.77. The van der Waals surface area contributed by atoms with Crippen molar-refractivity contribution >= 4 is 11.8 Å². The zero-order valence-electron chi connectivity index (χ0n) is 14.3. The van der Waals surface area contributed by atoms with Gasteiger partial charge in [-0.1, -0.05) is 30.3 Å². The number of hydrogen-bond donors (Lipinski definition) is 1. The molecule has 1 heterocycles. The fraction of sp³-hybridized carbons (Fsp3) is 0.600. The summed E-state index contributed by atoms with van der Waals surface area (Å²) in [5.74, 6) is 0.858. The van der Waals surface area contributed by atoms with Gasteiger partial charge in [-0.25, -0.2) is 0 Å². The first-order valence-corrected chi connectivity index (χ1v) is 9.29. The summed E-state index contributed by atoms with van der Waals surface area (Å²) in [4.78, 5) is 26.0. The predicted molar refractivity (Wildman–Crippen MR) is 94.3 cm³/mol. The van der Waals surface area contributed by atoms with Crippen LogP contribution < -0.4 is 5.73 Å². The number of benzene rings is 1. The summed E-state index contributed by atoms with van der Waals surface area (Å²) < 4.78 is 0. The lowest BCUT2D eigenvalue weighted by molar-refractivity contribution is -0.142. The molecule has 3 rings (SSSR count). The Morgan fingerprint density at radius 2 is 1.71 bits per heavy atom. The van der Waals surface area contributed by atoms with E-state index >= 15 is 0 Å². The van der Waals surface area contributed by atoms with E-state index in [1.807, 2.05) is 0 Å². The standard InChI is InChI=1S/C20H28N2O2/c21-20(24)18-8-4-5-13-22(18)19(23)14-15-9-11-17(12-10-15)16-6-2-1-3-7-16/h1-3,6-7,15,17-18H,4-5,8-14H2,(H2,21,24). The van der Waals surface area contributed by atoms with Gasteiger partial charge in [-0.3, -0.25) is 9.59 Å². The molecule has 1 saturated heterocycles. The SMILES string of the molecule is NC(=O)C1CCCCN1C(=O)CC1CCC(c2ccccc2)CC1. The lowest BCUT2D eigenvalue weighted by Crippen LogP contribution is -2.50. The van der Waals surface area contributed by atoms with Crippen molar-refractivity contribution in [3.63, 3.8) is 0 Å². The van der Waals surface area contributed by atoms with E-state index in [1.165, 1.54) is 5.56 Å². The predicted octanol–water partition coefficient (Wildman–Crippen LogP) is 3.22. The van der Waals surface area contributed by atoms with Gasteiger partial charge in [-0.2, -0.15) is 0 Å². The van der Waals surface area contributed by atoms with Crippen LogP contribution in [0, 0.1) is 5.92 Å². The lowest BCUT2D eigenvalue weighted by atomic mass is 9.77. The normalized spacial score (nSPS) is 27.7. The molecule has 24 heavy (non-hydrogen) atoms. The Labute approximate surface area is 144 Å². The number of primary amides is 1. The molecule has 2 aliphatic rings. The highest BCUT2D eigenvalue weighted by Crippen LogP contribution is 2.37. The Hall–Kier alpha value is -1.84. The minimum atomic E-state index is -0.382. The maximum absolute atomic E-state index is 12.7. The maximum Gasteiger partial charge on any atom is 0.240 e. The molecule has 1 atom stereocenters. The molecule has 0 aromatic heterocycles. The number of carbonyl (C=O) groups excluding carboxylic acids is 2. The van der Waals surface area contributed by atoms with Crippen LogP contribution >= 0.6 is 0 Å².